The molecule has 0 saturated carbocycles. The molecule has 2 saturated heterocycles. The summed E-state index contributed by atoms with van der Waals surface area (Å²) in [6.07, 6.45) is -0.322. The van der Waals surface area contributed by atoms with Gasteiger partial charge < -0.3 is 23.5 Å². The van der Waals surface area contributed by atoms with Gasteiger partial charge >= 0.3 is 5.97 Å². The van der Waals surface area contributed by atoms with Crippen molar-refractivity contribution < 1.29 is 28.7 Å². The Labute approximate surface area is 254 Å². The number of hydrogen-bond donors (Lipinski definition) is 0. The van der Waals surface area contributed by atoms with E-state index in [2.05, 4.69) is 9.97 Å². The summed E-state index contributed by atoms with van der Waals surface area (Å²) in [7, 11) is 0. The van der Waals surface area contributed by atoms with Crippen LogP contribution in [0, 0.1) is 10.1 Å². The molecule has 14 heteroatoms. The highest BCUT2D eigenvalue weighted by atomic mass is 35.5. The lowest BCUT2D eigenvalue weighted by Crippen LogP contribution is -2.47. The van der Waals surface area contributed by atoms with Gasteiger partial charge in [0.2, 0.25) is 0 Å². The van der Waals surface area contributed by atoms with E-state index in [0.717, 1.165) is 0 Å². The molecule has 2 aliphatic heterocycles. The average Bonchev–Trinajstić information content (AvgIpc) is 3.56. The van der Waals surface area contributed by atoms with Crippen LogP contribution in [0.25, 0.3) is 11.0 Å². The predicted octanol–water partition coefficient (Wildman–Crippen LogP) is 6.71. The summed E-state index contributed by atoms with van der Waals surface area (Å²) in [5.74, 6) is -1.75. The van der Waals surface area contributed by atoms with Gasteiger partial charge in [-0.15, -0.1) is 0 Å². The highest BCUT2D eigenvalue weighted by Crippen LogP contribution is 2.54. The van der Waals surface area contributed by atoms with Crippen LogP contribution in [-0.2, 0) is 18.9 Å². The van der Waals surface area contributed by atoms with E-state index in [4.69, 9.17) is 53.8 Å². The minimum Gasteiger partial charge on any atom is -0.451 e. The van der Waals surface area contributed by atoms with E-state index >= 15 is 0 Å². The summed E-state index contributed by atoms with van der Waals surface area (Å²) in [6.45, 7) is 5.40. The largest absolute Gasteiger partial charge is 0.451 e. The van der Waals surface area contributed by atoms with Crippen LogP contribution in [0.15, 0.2) is 61.1 Å². The van der Waals surface area contributed by atoms with E-state index in [1.54, 1.807) is 48.9 Å². The normalized spacial score (nSPS) is 25.3. The lowest BCUT2D eigenvalue weighted by molar-refractivity contribution is -0.384. The van der Waals surface area contributed by atoms with Gasteiger partial charge in [-0.05, 0) is 56.7 Å². The molecule has 42 heavy (non-hydrogen) atoms. The number of esters is 1. The van der Waals surface area contributed by atoms with Crippen molar-refractivity contribution in [3.8, 4) is 0 Å². The molecule has 2 aromatic carbocycles. The first-order valence-electron chi connectivity index (χ1n) is 12.8. The summed E-state index contributed by atoms with van der Waals surface area (Å²) in [6, 6.07) is 11.7. The van der Waals surface area contributed by atoms with Crippen molar-refractivity contribution in [3.05, 3.63) is 97.5 Å². The third-order valence-corrected chi connectivity index (χ3v) is 8.42. The molecule has 5 atom stereocenters. The van der Waals surface area contributed by atoms with E-state index in [1.165, 1.54) is 30.6 Å². The highest BCUT2D eigenvalue weighted by Gasteiger charge is 2.66. The minimum absolute atomic E-state index is 0.105. The van der Waals surface area contributed by atoms with Crippen LogP contribution < -0.4 is 0 Å². The van der Waals surface area contributed by atoms with Crippen LogP contribution in [-0.4, -0.2) is 49.0 Å². The number of non-ortho nitro benzene ring substituents is 1. The van der Waals surface area contributed by atoms with Gasteiger partial charge in [0.1, 0.15) is 34.9 Å². The fraction of sp³-hybridized carbons (Fsp3) is 0.321. The second kappa shape index (κ2) is 10.4. The smallest absolute Gasteiger partial charge is 0.338 e. The number of ether oxygens (including phenoxy) is 4. The third-order valence-electron chi connectivity index (χ3n) is 7.38. The molecule has 0 radical (unpaired) electrons. The number of nitro benzene ring substituents is 1. The maximum absolute atomic E-state index is 13.4. The zero-order valence-electron chi connectivity index (χ0n) is 22.4. The van der Waals surface area contributed by atoms with Crippen LogP contribution in [0.2, 0.25) is 15.2 Å². The van der Waals surface area contributed by atoms with Crippen LogP contribution in [0.1, 0.15) is 49.0 Å². The lowest BCUT2D eigenvalue weighted by Gasteiger charge is -2.34. The number of fused-ring (bicyclic) bond motifs is 2. The first kappa shape index (κ1) is 28.8. The quantitative estimate of drug-likeness (QED) is 0.0985. The number of benzene rings is 2. The molecule has 0 aliphatic carbocycles. The number of halogens is 3. The Hall–Kier alpha value is -3.32. The molecular formula is C28H23Cl3N4O7. The Morgan fingerprint density at radius 2 is 1.81 bits per heavy atom. The van der Waals surface area contributed by atoms with Crippen molar-refractivity contribution in [2.45, 2.75) is 56.7 Å². The Kier molecular flexibility index (Phi) is 7.16. The Bertz CT molecular complexity index is 1710. The van der Waals surface area contributed by atoms with Crippen LogP contribution in [0.3, 0.4) is 0 Å². The van der Waals surface area contributed by atoms with E-state index in [0.29, 0.717) is 21.6 Å². The Morgan fingerprint density at radius 3 is 2.50 bits per heavy atom. The number of hydrogen-bond acceptors (Lipinski definition) is 9. The fourth-order valence-corrected chi connectivity index (χ4v) is 6.08. The molecule has 6 rings (SSSR count). The van der Waals surface area contributed by atoms with Crippen LogP contribution in [0.5, 0.6) is 0 Å². The zero-order chi connectivity index (χ0) is 30.0. The molecule has 3 unspecified atom stereocenters. The van der Waals surface area contributed by atoms with E-state index in [1.807, 2.05) is 6.92 Å². The lowest BCUT2D eigenvalue weighted by atomic mass is 9.88. The van der Waals surface area contributed by atoms with Gasteiger partial charge in [0.05, 0.1) is 25.9 Å². The van der Waals surface area contributed by atoms with Crippen LogP contribution >= 0.6 is 34.8 Å². The van der Waals surface area contributed by atoms with Crippen LogP contribution in [0.4, 0.5) is 5.69 Å². The number of carbonyl (C=O) groups is 1. The second-order valence-corrected chi connectivity index (χ2v) is 11.8. The molecule has 2 fully saturated rings. The Balaban J connectivity index is 1.44. The van der Waals surface area contributed by atoms with Crippen molar-refractivity contribution in [2.75, 3.05) is 0 Å². The van der Waals surface area contributed by atoms with Crippen molar-refractivity contribution >= 4 is 57.5 Å². The highest BCUT2D eigenvalue weighted by molar-refractivity contribution is 6.42. The number of rotatable bonds is 6. The summed E-state index contributed by atoms with van der Waals surface area (Å²) >= 11 is 18.9. The molecule has 0 bridgehead atoms. The first-order chi connectivity index (χ1) is 19.9. The van der Waals surface area contributed by atoms with Gasteiger partial charge in [0.15, 0.2) is 18.1 Å². The number of nitro groups is 1. The predicted molar refractivity (Wildman–Crippen MR) is 153 cm³/mol. The van der Waals surface area contributed by atoms with Gasteiger partial charge in [-0.25, -0.2) is 14.8 Å². The average molecular weight is 634 g/mol. The number of nitrogens with zero attached hydrogens (tertiary/aromatic N) is 4. The molecule has 2 aliphatic rings. The van der Waals surface area contributed by atoms with Crippen molar-refractivity contribution in [1.82, 2.24) is 14.5 Å². The van der Waals surface area contributed by atoms with Gasteiger partial charge in [-0.1, -0.05) is 40.9 Å². The van der Waals surface area contributed by atoms with Crippen molar-refractivity contribution in [2.24, 2.45) is 0 Å². The van der Waals surface area contributed by atoms with Gasteiger partial charge in [0.25, 0.3) is 5.69 Å². The standard InChI is InChI=1S/C28H23Cl3N4O7/c1-27(2)41-22-25(34-11-10-17-23(31)32-13-33-24(17)34)40-21(28(22,3)42-27)20(15-6-9-18(29)19(30)12-15)39-26(36)14-4-7-16(8-5-14)35(37)38/h4-13,20-22,25H,1-3H3/t20?,21?,22?,25-,28-/m1/s1. The van der Waals surface area contributed by atoms with Gasteiger partial charge in [0, 0.05) is 18.3 Å². The molecule has 0 N–H and O–H groups in total. The molecular weight excluding hydrogens is 611 g/mol. The first-order valence-corrected chi connectivity index (χ1v) is 13.9. The summed E-state index contributed by atoms with van der Waals surface area (Å²) in [5, 5.41) is 12.6. The number of carbonyl (C=O) groups excluding carboxylic acids is 1. The monoisotopic (exact) mass is 632 g/mol. The zero-order valence-corrected chi connectivity index (χ0v) is 24.6. The minimum atomic E-state index is -1.14. The molecule has 4 heterocycles. The topological polar surface area (TPSA) is 128 Å². The molecule has 11 nitrogen and oxygen atoms in total. The molecule has 4 aromatic rings. The van der Waals surface area contributed by atoms with E-state index < -0.39 is 46.8 Å². The SMILES string of the molecule is CC1(C)OC2[C@H](n3ccc4c(Cl)ncnc43)OC(C(OC(=O)c3ccc([N+](=O)[O-])cc3)c3ccc(Cl)c(Cl)c3)[C@@]2(C)O1. The fourth-order valence-electron chi connectivity index (χ4n) is 5.58. The molecule has 0 spiro atoms. The maximum Gasteiger partial charge on any atom is 0.338 e. The second-order valence-electron chi connectivity index (χ2n) is 10.6. The van der Waals surface area contributed by atoms with Gasteiger partial charge in [-0.2, -0.15) is 0 Å². The maximum atomic E-state index is 13.4. The van der Waals surface area contributed by atoms with Gasteiger partial charge in [-0.3, -0.25) is 10.1 Å². The molecule has 2 aromatic heterocycles. The van der Waals surface area contributed by atoms with Crippen molar-refractivity contribution in [3.63, 3.8) is 0 Å². The summed E-state index contributed by atoms with van der Waals surface area (Å²) < 4.78 is 27.4. The number of aromatic nitrogens is 3. The van der Waals surface area contributed by atoms with Crippen molar-refractivity contribution in [1.29, 1.82) is 0 Å². The molecule has 0 amide bonds. The Morgan fingerprint density at radius 1 is 1.07 bits per heavy atom. The van der Waals surface area contributed by atoms with E-state index in [9.17, 15) is 14.9 Å². The molecule has 218 valence electrons. The van der Waals surface area contributed by atoms with E-state index in [-0.39, 0.29) is 21.4 Å². The summed E-state index contributed by atoms with van der Waals surface area (Å²) in [5.41, 5.74) is -0.194. The summed E-state index contributed by atoms with van der Waals surface area (Å²) in [4.78, 5) is 32.5. The third kappa shape index (κ3) is 4.89.